The highest BCUT2D eigenvalue weighted by atomic mass is 19.4. The second kappa shape index (κ2) is 8.49. The molecule has 3 heterocycles. The quantitative estimate of drug-likeness (QED) is 0.717. The van der Waals surface area contributed by atoms with Crippen molar-refractivity contribution in [2.45, 2.75) is 44.4 Å². The number of rotatable bonds is 3. The van der Waals surface area contributed by atoms with Gasteiger partial charge in [0.15, 0.2) is 0 Å². The molecular formula is C23H26F3N3O2. The molecule has 31 heavy (non-hydrogen) atoms. The van der Waals surface area contributed by atoms with Gasteiger partial charge in [-0.3, -0.25) is 14.7 Å². The fraction of sp³-hybridized carbons (Fsp3) is 0.478. The van der Waals surface area contributed by atoms with Gasteiger partial charge in [-0.1, -0.05) is 6.07 Å². The van der Waals surface area contributed by atoms with Gasteiger partial charge in [-0.15, -0.1) is 0 Å². The molecule has 0 bridgehead atoms. The lowest BCUT2D eigenvalue weighted by Gasteiger charge is -2.48. The summed E-state index contributed by atoms with van der Waals surface area (Å²) in [7, 11) is 1.66. The van der Waals surface area contributed by atoms with Crippen molar-refractivity contribution in [3.05, 3.63) is 58.9 Å². The van der Waals surface area contributed by atoms with Crippen molar-refractivity contribution in [1.29, 1.82) is 0 Å². The Morgan fingerprint density at radius 2 is 1.97 bits per heavy atom. The third-order valence-corrected chi connectivity index (χ3v) is 6.37. The molecule has 4 rings (SSSR count). The van der Waals surface area contributed by atoms with E-state index in [4.69, 9.17) is 4.74 Å². The first-order valence-corrected chi connectivity index (χ1v) is 10.5. The second-order valence-corrected chi connectivity index (χ2v) is 8.24. The number of hydrogen-bond acceptors (Lipinski definition) is 4. The van der Waals surface area contributed by atoms with Gasteiger partial charge in [0.2, 0.25) is 0 Å². The van der Waals surface area contributed by atoms with Gasteiger partial charge >= 0.3 is 6.18 Å². The molecule has 166 valence electrons. The van der Waals surface area contributed by atoms with E-state index in [-0.39, 0.29) is 17.5 Å². The van der Waals surface area contributed by atoms with E-state index >= 15 is 0 Å². The van der Waals surface area contributed by atoms with Crippen molar-refractivity contribution in [1.82, 2.24) is 14.8 Å². The van der Waals surface area contributed by atoms with E-state index in [1.54, 1.807) is 12.0 Å². The van der Waals surface area contributed by atoms with Crippen molar-refractivity contribution < 1.29 is 22.7 Å². The SMILES string of the molecule is COc1ccc([C@H]2CCC[C@H]3CN(C(=O)c4ccc(C(F)(F)F)nc4)CCN32)c(C)c1. The minimum atomic E-state index is -4.51. The molecule has 0 radical (unpaired) electrons. The first-order chi connectivity index (χ1) is 14.8. The summed E-state index contributed by atoms with van der Waals surface area (Å²) in [6.07, 6.45) is -0.339. The van der Waals surface area contributed by atoms with E-state index in [1.807, 2.05) is 6.07 Å². The number of ether oxygens (including phenoxy) is 1. The van der Waals surface area contributed by atoms with Crippen molar-refractivity contribution >= 4 is 5.91 Å². The van der Waals surface area contributed by atoms with Crippen LogP contribution in [0.4, 0.5) is 13.2 Å². The molecule has 2 saturated heterocycles. The molecule has 2 aromatic rings. The number of methoxy groups -OCH3 is 1. The van der Waals surface area contributed by atoms with Crippen LogP contribution in [0.2, 0.25) is 0 Å². The Morgan fingerprint density at radius 1 is 1.16 bits per heavy atom. The minimum absolute atomic E-state index is 0.194. The normalized spacial score (nSPS) is 22.2. The summed E-state index contributed by atoms with van der Waals surface area (Å²) in [5.74, 6) is 0.581. The number of benzene rings is 1. The third-order valence-electron chi connectivity index (χ3n) is 6.37. The van der Waals surface area contributed by atoms with Gasteiger partial charge in [0, 0.05) is 37.9 Å². The maximum absolute atomic E-state index is 12.9. The molecule has 2 aliphatic rings. The molecule has 2 fully saturated rings. The number of aromatic nitrogens is 1. The van der Waals surface area contributed by atoms with Crippen molar-refractivity contribution in [3.8, 4) is 5.75 Å². The smallest absolute Gasteiger partial charge is 0.433 e. The van der Waals surface area contributed by atoms with Crippen LogP contribution < -0.4 is 4.74 Å². The number of piperazine rings is 1. The molecule has 2 atom stereocenters. The Balaban J connectivity index is 1.47. The van der Waals surface area contributed by atoms with E-state index < -0.39 is 11.9 Å². The maximum atomic E-state index is 12.9. The van der Waals surface area contributed by atoms with Crippen LogP contribution in [0.15, 0.2) is 36.5 Å². The number of carbonyl (C=O) groups excluding carboxylic acids is 1. The number of carbonyl (C=O) groups is 1. The van der Waals surface area contributed by atoms with Crippen LogP contribution in [0.1, 0.15) is 52.5 Å². The highest BCUT2D eigenvalue weighted by molar-refractivity contribution is 5.94. The van der Waals surface area contributed by atoms with Crippen LogP contribution in [0.3, 0.4) is 0 Å². The number of piperidine rings is 1. The Kier molecular flexibility index (Phi) is 5.92. The summed E-state index contributed by atoms with van der Waals surface area (Å²) in [6, 6.07) is 8.79. The molecule has 1 amide bonds. The number of aryl methyl sites for hydroxylation is 1. The Hall–Kier alpha value is -2.61. The average molecular weight is 433 g/mol. The molecule has 0 aliphatic carbocycles. The lowest BCUT2D eigenvalue weighted by molar-refractivity contribution is -0.141. The van der Waals surface area contributed by atoms with Crippen LogP contribution in [0, 0.1) is 6.92 Å². The van der Waals surface area contributed by atoms with E-state index in [2.05, 4.69) is 28.9 Å². The van der Waals surface area contributed by atoms with E-state index in [0.717, 1.165) is 43.8 Å². The van der Waals surface area contributed by atoms with Crippen molar-refractivity contribution in [2.75, 3.05) is 26.7 Å². The highest BCUT2D eigenvalue weighted by Crippen LogP contribution is 2.38. The zero-order chi connectivity index (χ0) is 22.2. The summed E-state index contributed by atoms with van der Waals surface area (Å²) in [4.78, 5) is 20.5. The number of nitrogens with zero attached hydrogens (tertiary/aromatic N) is 3. The Morgan fingerprint density at radius 3 is 2.61 bits per heavy atom. The lowest BCUT2D eigenvalue weighted by atomic mass is 9.87. The summed E-state index contributed by atoms with van der Waals surface area (Å²) >= 11 is 0. The Labute approximate surface area is 179 Å². The molecule has 0 spiro atoms. The molecule has 0 N–H and O–H groups in total. The van der Waals surface area contributed by atoms with Crippen molar-refractivity contribution in [2.24, 2.45) is 0 Å². The fourth-order valence-corrected chi connectivity index (χ4v) is 4.79. The second-order valence-electron chi connectivity index (χ2n) is 8.24. The predicted octanol–water partition coefficient (Wildman–Crippen LogP) is 4.47. The summed E-state index contributed by atoms with van der Waals surface area (Å²) in [6.45, 7) is 3.95. The summed E-state index contributed by atoms with van der Waals surface area (Å²) < 4.78 is 43.5. The number of fused-ring (bicyclic) bond motifs is 1. The molecule has 1 aromatic carbocycles. The van der Waals surface area contributed by atoms with Crippen LogP contribution in [-0.2, 0) is 6.18 Å². The van der Waals surface area contributed by atoms with E-state index in [0.29, 0.717) is 19.1 Å². The van der Waals surface area contributed by atoms with Gasteiger partial charge in [0.25, 0.3) is 5.91 Å². The highest BCUT2D eigenvalue weighted by Gasteiger charge is 2.38. The van der Waals surface area contributed by atoms with Crippen LogP contribution in [-0.4, -0.2) is 53.5 Å². The Bertz CT molecular complexity index is 946. The summed E-state index contributed by atoms with van der Waals surface area (Å²) in [5.41, 5.74) is 1.69. The number of pyridine rings is 1. The molecule has 8 heteroatoms. The monoisotopic (exact) mass is 433 g/mol. The van der Waals surface area contributed by atoms with E-state index in [1.165, 1.54) is 17.2 Å². The maximum Gasteiger partial charge on any atom is 0.433 e. The van der Waals surface area contributed by atoms with E-state index in [9.17, 15) is 18.0 Å². The lowest BCUT2D eigenvalue weighted by Crippen LogP contribution is -2.57. The number of halogens is 3. The van der Waals surface area contributed by atoms with Crippen LogP contribution in [0.5, 0.6) is 5.75 Å². The fourth-order valence-electron chi connectivity index (χ4n) is 4.79. The number of amides is 1. The van der Waals surface area contributed by atoms with Crippen LogP contribution in [0.25, 0.3) is 0 Å². The summed E-state index contributed by atoms with van der Waals surface area (Å²) in [5, 5.41) is 0. The molecule has 0 saturated carbocycles. The van der Waals surface area contributed by atoms with Gasteiger partial charge in [0.05, 0.1) is 12.7 Å². The zero-order valence-corrected chi connectivity index (χ0v) is 17.7. The first kappa shape index (κ1) is 21.6. The average Bonchev–Trinajstić information content (AvgIpc) is 2.77. The molecular weight excluding hydrogens is 407 g/mol. The van der Waals surface area contributed by atoms with Gasteiger partial charge in [-0.25, -0.2) is 0 Å². The van der Waals surface area contributed by atoms with Gasteiger partial charge in [-0.2, -0.15) is 13.2 Å². The molecule has 1 aromatic heterocycles. The minimum Gasteiger partial charge on any atom is -0.497 e. The largest absolute Gasteiger partial charge is 0.497 e. The predicted molar refractivity (Wildman–Crippen MR) is 110 cm³/mol. The topological polar surface area (TPSA) is 45.7 Å². The first-order valence-electron chi connectivity index (χ1n) is 10.5. The van der Waals surface area contributed by atoms with Gasteiger partial charge in [0.1, 0.15) is 11.4 Å². The standard InChI is InChI=1S/C23H26F3N3O2/c1-15-12-18(31-2)7-8-19(15)20-5-3-4-17-14-28(10-11-29(17)20)22(30)16-6-9-21(27-13-16)23(24,25)26/h6-9,12-13,17,20H,3-5,10-11,14H2,1-2H3/t17-,20+/m0/s1. The van der Waals surface area contributed by atoms with Gasteiger partial charge < -0.3 is 9.64 Å². The van der Waals surface area contributed by atoms with Crippen LogP contribution >= 0.6 is 0 Å². The van der Waals surface area contributed by atoms with Crippen molar-refractivity contribution in [3.63, 3.8) is 0 Å². The van der Waals surface area contributed by atoms with Gasteiger partial charge in [-0.05, 0) is 61.6 Å². The molecule has 0 unspecified atom stereocenters. The zero-order valence-electron chi connectivity index (χ0n) is 17.7. The number of hydrogen-bond donors (Lipinski definition) is 0. The molecule has 2 aliphatic heterocycles. The number of alkyl halides is 3. The molecule has 5 nitrogen and oxygen atoms in total. The third kappa shape index (κ3) is 4.39.